The van der Waals surface area contributed by atoms with Gasteiger partial charge in [0.15, 0.2) is 0 Å². The molecular formula is C16H12N4O3. The Hall–Kier alpha value is -3.22. The first-order valence-corrected chi connectivity index (χ1v) is 7.01. The van der Waals surface area contributed by atoms with Crippen LogP contribution in [0.15, 0.2) is 40.9 Å². The molecule has 0 aliphatic heterocycles. The number of carboxylic acids is 1. The highest BCUT2D eigenvalue weighted by Gasteiger charge is 2.14. The molecule has 0 fully saturated rings. The third-order valence-corrected chi connectivity index (χ3v) is 3.74. The van der Waals surface area contributed by atoms with Crippen molar-refractivity contribution in [3.05, 3.63) is 53.8 Å². The zero-order valence-electron chi connectivity index (χ0n) is 12.2. The molecule has 1 N–H and O–H groups in total. The van der Waals surface area contributed by atoms with E-state index < -0.39 is 5.97 Å². The van der Waals surface area contributed by atoms with Crippen LogP contribution in [0, 0.1) is 0 Å². The van der Waals surface area contributed by atoms with Crippen molar-refractivity contribution in [3.8, 4) is 0 Å². The highest BCUT2D eigenvalue weighted by molar-refractivity contribution is 5.92. The van der Waals surface area contributed by atoms with E-state index in [-0.39, 0.29) is 5.56 Å². The highest BCUT2D eigenvalue weighted by atomic mass is 16.4. The first kappa shape index (κ1) is 13.4. The summed E-state index contributed by atoms with van der Waals surface area (Å²) in [5.41, 5.74) is 2.91. The van der Waals surface area contributed by atoms with E-state index in [1.54, 1.807) is 30.5 Å². The van der Waals surface area contributed by atoms with Crippen LogP contribution in [0.5, 0.6) is 0 Å². The minimum atomic E-state index is -0.968. The number of pyridine rings is 1. The largest absolute Gasteiger partial charge is 0.478 e. The first-order valence-electron chi connectivity index (χ1n) is 7.01. The molecule has 0 aliphatic rings. The summed E-state index contributed by atoms with van der Waals surface area (Å²) in [6, 6.07) is 8.53. The van der Waals surface area contributed by atoms with Gasteiger partial charge in [-0.1, -0.05) is 0 Å². The molecule has 3 aromatic heterocycles. The number of aromatic carboxylic acids is 1. The molecule has 7 heteroatoms. The Morgan fingerprint density at radius 1 is 1.26 bits per heavy atom. The lowest BCUT2D eigenvalue weighted by Gasteiger charge is -1.99. The van der Waals surface area contributed by atoms with Gasteiger partial charge in [-0.25, -0.2) is 19.7 Å². The number of carbonyl (C=O) groups is 1. The van der Waals surface area contributed by atoms with E-state index in [4.69, 9.17) is 9.52 Å². The van der Waals surface area contributed by atoms with Gasteiger partial charge in [0.05, 0.1) is 23.0 Å². The zero-order valence-corrected chi connectivity index (χ0v) is 12.2. The van der Waals surface area contributed by atoms with Crippen LogP contribution >= 0.6 is 0 Å². The van der Waals surface area contributed by atoms with Gasteiger partial charge in [0.2, 0.25) is 11.6 Å². The van der Waals surface area contributed by atoms with Gasteiger partial charge in [-0.15, -0.1) is 0 Å². The van der Waals surface area contributed by atoms with Crippen molar-refractivity contribution in [1.82, 2.24) is 19.5 Å². The van der Waals surface area contributed by atoms with Crippen LogP contribution in [0.2, 0.25) is 0 Å². The molecule has 0 bridgehead atoms. The Balaban J connectivity index is 1.76. The number of fused-ring (bicyclic) bond motifs is 2. The molecule has 0 atom stereocenters. The van der Waals surface area contributed by atoms with E-state index in [1.165, 1.54) is 0 Å². The van der Waals surface area contributed by atoms with E-state index in [0.717, 1.165) is 11.3 Å². The molecule has 114 valence electrons. The molecule has 0 spiro atoms. The van der Waals surface area contributed by atoms with Crippen molar-refractivity contribution in [2.24, 2.45) is 7.05 Å². The molecule has 4 rings (SSSR count). The highest BCUT2D eigenvalue weighted by Crippen LogP contribution is 2.20. The molecule has 0 unspecified atom stereocenters. The number of imidazole rings is 1. The Kier molecular flexibility index (Phi) is 2.87. The summed E-state index contributed by atoms with van der Waals surface area (Å²) < 4.78 is 7.52. The average Bonchev–Trinajstić information content (AvgIpc) is 3.08. The minimum absolute atomic E-state index is 0.216. The monoisotopic (exact) mass is 308 g/mol. The summed E-state index contributed by atoms with van der Waals surface area (Å²) in [6.45, 7) is 0. The van der Waals surface area contributed by atoms with E-state index in [2.05, 4.69) is 15.0 Å². The maximum atomic E-state index is 11.1. The van der Waals surface area contributed by atoms with Crippen molar-refractivity contribution in [2.75, 3.05) is 0 Å². The molecule has 1 aromatic carbocycles. The molecule has 3 heterocycles. The lowest BCUT2D eigenvalue weighted by molar-refractivity contribution is 0.0697. The first-order chi connectivity index (χ1) is 11.1. The van der Waals surface area contributed by atoms with Crippen molar-refractivity contribution in [1.29, 1.82) is 0 Å². The van der Waals surface area contributed by atoms with Crippen molar-refractivity contribution in [2.45, 2.75) is 6.42 Å². The number of benzene rings is 1. The number of carboxylic acid groups (broad SMARTS) is 1. The van der Waals surface area contributed by atoms with Gasteiger partial charge in [-0.05, 0) is 30.3 Å². The molecule has 0 aliphatic carbocycles. The van der Waals surface area contributed by atoms with Crippen LogP contribution in [0.3, 0.4) is 0 Å². The summed E-state index contributed by atoms with van der Waals surface area (Å²) >= 11 is 0. The molecule has 0 radical (unpaired) electrons. The van der Waals surface area contributed by atoms with Gasteiger partial charge in [-0.2, -0.15) is 0 Å². The molecule has 0 saturated carbocycles. The van der Waals surface area contributed by atoms with Crippen LogP contribution in [-0.2, 0) is 13.5 Å². The van der Waals surface area contributed by atoms with E-state index in [0.29, 0.717) is 29.1 Å². The quantitative estimate of drug-likeness (QED) is 0.624. The van der Waals surface area contributed by atoms with E-state index in [1.807, 2.05) is 17.7 Å². The van der Waals surface area contributed by atoms with Crippen LogP contribution in [0.4, 0.5) is 0 Å². The average molecular weight is 308 g/mol. The van der Waals surface area contributed by atoms with Crippen LogP contribution in [0.1, 0.15) is 22.1 Å². The lowest BCUT2D eigenvalue weighted by Crippen LogP contribution is -1.99. The summed E-state index contributed by atoms with van der Waals surface area (Å²) in [6.07, 6.45) is 2.06. The Morgan fingerprint density at radius 2 is 2.13 bits per heavy atom. The van der Waals surface area contributed by atoms with Gasteiger partial charge in [0.1, 0.15) is 11.3 Å². The van der Waals surface area contributed by atoms with Crippen LogP contribution in [-0.4, -0.2) is 30.6 Å². The standard InChI is InChI=1S/C16H12N4O3/c1-20-12-5-4-9(16(21)22)7-11(12)18-13(20)8-14-19-10-3-2-6-17-15(10)23-14/h2-7H,8H2,1H3,(H,21,22). The lowest BCUT2D eigenvalue weighted by atomic mass is 10.2. The fourth-order valence-corrected chi connectivity index (χ4v) is 2.57. The second kappa shape index (κ2) is 4.91. The Labute approximate surface area is 130 Å². The van der Waals surface area contributed by atoms with Crippen molar-refractivity contribution >= 4 is 28.2 Å². The summed E-state index contributed by atoms with van der Waals surface area (Å²) in [7, 11) is 1.88. The number of nitrogens with zero attached hydrogens (tertiary/aromatic N) is 4. The normalized spacial score (nSPS) is 11.3. The third kappa shape index (κ3) is 2.22. The molecule has 0 amide bonds. The van der Waals surface area contributed by atoms with Gasteiger partial charge < -0.3 is 14.1 Å². The maximum absolute atomic E-state index is 11.1. The molecule has 7 nitrogen and oxygen atoms in total. The van der Waals surface area contributed by atoms with Gasteiger partial charge in [-0.3, -0.25) is 0 Å². The van der Waals surface area contributed by atoms with Crippen molar-refractivity contribution < 1.29 is 14.3 Å². The van der Waals surface area contributed by atoms with Crippen LogP contribution < -0.4 is 0 Å². The van der Waals surface area contributed by atoms with Gasteiger partial charge in [0.25, 0.3) is 0 Å². The maximum Gasteiger partial charge on any atom is 0.335 e. The number of hydrogen-bond donors (Lipinski definition) is 1. The number of aryl methyl sites for hydroxylation is 1. The SMILES string of the molecule is Cn1c(Cc2nc3cccnc3o2)nc2cc(C(=O)O)ccc21. The van der Waals surface area contributed by atoms with Gasteiger partial charge >= 0.3 is 5.97 Å². The predicted molar refractivity (Wildman–Crippen MR) is 82.3 cm³/mol. The number of rotatable bonds is 3. The number of aromatic nitrogens is 4. The van der Waals surface area contributed by atoms with E-state index in [9.17, 15) is 4.79 Å². The Bertz CT molecular complexity index is 1020. The van der Waals surface area contributed by atoms with Gasteiger partial charge in [0, 0.05) is 13.2 Å². The summed E-state index contributed by atoms with van der Waals surface area (Å²) in [5.74, 6) is 0.300. The fourth-order valence-electron chi connectivity index (χ4n) is 2.57. The summed E-state index contributed by atoms with van der Waals surface area (Å²) in [4.78, 5) is 24.1. The third-order valence-electron chi connectivity index (χ3n) is 3.74. The number of hydrogen-bond acceptors (Lipinski definition) is 5. The molecular weight excluding hydrogens is 296 g/mol. The second-order valence-corrected chi connectivity index (χ2v) is 5.21. The number of oxazole rings is 1. The predicted octanol–water partition coefficient (Wildman–Crippen LogP) is 2.40. The Morgan fingerprint density at radius 3 is 2.91 bits per heavy atom. The van der Waals surface area contributed by atoms with Crippen molar-refractivity contribution in [3.63, 3.8) is 0 Å². The fraction of sp³-hybridized carbons (Fsp3) is 0.125. The van der Waals surface area contributed by atoms with Crippen LogP contribution in [0.25, 0.3) is 22.3 Å². The zero-order chi connectivity index (χ0) is 16.0. The molecule has 4 aromatic rings. The van der Waals surface area contributed by atoms with E-state index >= 15 is 0 Å². The second-order valence-electron chi connectivity index (χ2n) is 5.21. The summed E-state index contributed by atoms with van der Waals surface area (Å²) in [5, 5.41) is 9.07. The minimum Gasteiger partial charge on any atom is -0.478 e. The molecule has 0 saturated heterocycles. The topological polar surface area (TPSA) is 94.0 Å². The molecule has 23 heavy (non-hydrogen) atoms. The smallest absolute Gasteiger partial charge is 0.335 e.